The van der Waals surface area contributed by atoms with E-state index in [4.69, 9.17) is 4.74 Å². The Kier molecular flexibility index (Phi) is 2.86. The Morgan fingerprint density at radius 1 is 1.45 bits per heavy atom. The molecular formula is C8H9NOS. The standard InChI is InChI=1S/C8H9NOS/c1-10-8-5-3-2-4-7(8)9-6-11/h2-6H,1H3,(H,9,11). The van der Waals surface area contributed by atoms with E-state index in [1.807, 2.05) is 24.3 Å². The molecule has 0 radical (unpaired) electrons. The van der Waals surface area contributed by atoms with Crippen LogP contribution >= 0.6 is 12.2 Å². The van der Waals surface area contributed by atoms with E-state index in [-0.39, 0.29) is 0 Å². The summed E-state index contributed by atoms with van der Waals surface area (Å²) in [6, 6.07) is 7.61. The van der Waals surface area contributed by atoms with Gasteiger partial charge in [0.25, 0.3) is 0 Å². The summed E-state index contributed by atoms with van der Waals surface area (Å²) in [7, 11) is 1.63. The zero-order chi connectivity index (χ0) is 8.10. The average Bonchev–Trinajstić information content (AvgIpc) is 2.06. The first-order valence-corrected chi connectivity index (χ1v) is 3.69. The first-order valence-electron chi connectivity index (χ1n) is 3.21. The van der Waals surface area contributed by atoms with Crippen molar-refractivity contribution in [3.8, 4) is 5.75 Å². The first-order chi connectivity index (χ1) is 5.38. The zero-order valence-corrected chi connectivity index (χ0v) is 7.02. The molecule has 1 N–H and O–H groups in total. The van der Waals surface area contributed by atoms with Crippen LogP contribution in [-0.4, -0.2) is 12.6 Å². The molecule has 0 aromatic heterocycles. The summed E-state index contributed by atoms with van der Waals surface area (Å²) in [6.45, 7) is 0. The Morgan fingerprint density at radius 3 is 2.82 bits per heavy atom. The molecule has 0 saturated carbocycles. The summed E-state index contributed by atoms with van der Waals surface area (Å²) in [5.74, 6) is 0.800. The van der Waals surface area contributed by atoms with Crippen molar-refractivity contribution in [2.24, 2.45) is 0 Å². The van der Waals surface area contributed by atoms with Crippen molar-refractivity contribution < 1.29 is 4.74 Å². The van der Waals surface area contributed by atoms with Crippen molar-refractivity contribution in [2.75, 3.05) is 12.4 Å². The molecule has 0 saturated heterocycles. The third-order valence-electron chi connectivity index (χ3n) is 1.32. The predicted molar refractivity (Wildman–Crippen MR) is 50.3 cm³/mol. The van der Waals surface area contributed by atoms with Gasteiger partial charge in [0.05, 0.1) is 18.3 Å². The van der Waals surface area contributed by atoms with Gasteiger partial charge in [-0.05, 0) is 12.1 Å². The second-order valence-electron chi connectivity index (χ2n) is 1.96. The number of hydrogen-bond donors (Lipinski definition) is 1. The van der Waals surface area contributed by atoms with Crippen LogP contribution in [0.1, 0.15) is 0 Å². The summed E-state index contributed by atoms with van der Waals surface area (Å²) in [5.41, 5.74) is 2.35. The molecule has 0 bridgehead atoms. The lowest BCUT2D eigenvalue weighted by Gasteiger charge is -2.05. The molecule has 3 heteroatoms. The Balaban J connectivity index is 2.92. The van der Waals surface area contributed by atoms with Crippen molar-refractivity contribution in [1.29, 1.82) is 0 Å². The monoisotopic (exact) mass is 167 g/mol. The number of thiocarbonyl (C=S) groups is 1. The summed E-state index contributed by atoms with van der Waals surface area (Å²) >= 11 is 4.65. The maximum Gasteiger partial charge on any atom is 0.142 e. The van der Waals surface area contributed by atoms with Crippen LogP contribution in [0.2, 0.25) is 0 Å². The number of hydrogen-bond acceptors (Lipinski definition) is 2. The molecule has 1 aromatic rings. The fourth-order valence-electron chi connectivity index (χ4n) is 0.827. The Labute approximate surface area is 71.2 Å². The van der Waals surface area contributed by atoms with Crippen LogP contribution in [0.4, 0.5) is 5.69 Å². The third kappa shape index (κ3) is 1.91. The van der Waals surface area contributed by atoms with E-state index >= 15 is 0 Å². The van der Waals surface area contributed by atoms with E-state index in [0.29, 0.717) is 0 Å². The van der Waals surface area contributed by atoms with Gasteiger partial charge in [0.1, 0.15) is 5.75 Å². The molecule has 0 spiro atoms. The Hall–Kier alpha value is -1.09. The number of anilines is 1. The van der Waals surface area contributed by atoms with Gasteiger partial charge in [0.2, 0.25) is 0 Å². The minimum Gasteiger partial charge on any atom is -0.495 e. The highest BCUT2D eigenvalue weighted by Gasteiger charge is 1.96. The lowest BCUT2D eigenvalue weighted by atomic mass is 10.3. The molecule has 0 aliphatic rings. The maximum absolute atomic E-state index is 5.07. The molecule has 0 atom stereocenters. The van der Waals surface area contributed by atoms with E-state index < -0.39 is 0 Å². The molecule has 2 nitrogen and oxygen atoms in total. The van der Waals surface area contributed by atoms with Crippen LogP contribution in [0.25, 0.3) is 0 Å². The van der Waals surface area contributed by atoms with E-state index in [2.05, 4.69) is 17.5 Å². The fraction of sp³-hybridized carbons (Fsp3) is 0.125. The number of ether oxygens (including phenoxy) is 1. The quantitative estimate of drug-likeness (QED) is 0.696. The highest BCUT2D eigenvalue weighted by molar-refractivity contribution is 7.79. The second kappa shape index (κ2) is 3.93. The average molecular weight is 167 g/mol. The van der Waals surface area contributed by atoms with Crippen LogP contribution in [0.15, 0.2) is 24.3 Å². The topological polar surface area (TPSA) is 21.3 Å². The van der Waals surface area contributed by atoms with Crippen molar-refractivity contribution >= 4 is 23.4 Å². The molecule has 0 amide bonds. The van der Waals surface area contributed by atoms with Crippen LogP contribution in [-0.2, 0) is 0 Å². The van der Waals surface area contributed by atoms with Crippen molar-refractivity contribution in [2.45, 2.75) is 0 Å². The number of rotatable bonds is 3. The molecular weight excluding hydrogens is 158 g/mol. The highest BCUT2D eigenvalue weighted by atomic mass is 32.1. The number of nitrogens with one attached hydrogen (secondary N) is 1. The fourth-order valence-corrected chi connectivity index (χ4v) is 0.954. The largest absolute Gasteiger partial charge is 0.495 e. The third-order valence-corrected chi connectivity index (χ3v) is 1.44. The van der Waals surface area contributed by atoms with Crippen molar-refractivity contribution in [3.63, 3.8) is 0 Å². The van der Waals surface area contributed by atoms with Crippen LogP contribution in [0, 0.1) is 0 Å². The highest BCUT2D eigenvalue weighted by Crippen LogP contribution is 2.21. The second-order valence-corrected chi connectivity index (χ2v) is 2.20. The van der Waals surface area contributed by atoms with Crippen LogP contribution < -0.4 is 10.1 Å². The van der Waals surface area contributed by atoms with Gasteiger partial charge < -0.3 is 10.1 Å². The lowest BCUT2D eigenvalue weighted by molar-refractivity contribution is 0.417. The van der Waals surface area contributed by atoms with Gasteiger partial charge in [-0.2, -0.15) is 0 Å². The van der Waals surface area contributed by atoms with Gasteiger partial charge in [-0.15, -0.1) is 0 Å². The van der Waals surface area contributed by atoms with Crippen molar-refractivity contribution in [1.82, 2.24) is 0 Å². The number of para-hydroxylation sites is 2. The van der Waals surface area contributed by atoms with Crippen LogP contribution in [0.5, 0.6) is 5.75 Å². The summed E-state index contributed by atoms with van der Waals surface area (Å²) in [4.78, 5) is 0. The van der Waals surface area contributed by atoms with E-state index in [1.54, 1.807) is 7.11 Å². The summed E-state index contributed by atoms with van der Waals surface area (Å²) < 4.78 is 5.07. The summed E-state index contributed by atoms with van der Waals surface area (Å²) in [6.07, 6.45) is 0. The van der Waals surface area contributed by atoms with E-state index in [1.165, 1.54) is 5.49 Å². The van der Waals surface area contributed by atoms with E-state index in [9.17, 15) is 0 Å². The molecule has 1 rings (SSSR count). The molecule has 0 fully saturated rings. The number of methoxy groups -OCH3 is 1. The minimum absolute atomic E-state index is 0.800. The lowest BCUT2D eigenvalue weighted by Crippen LogP contribution is -1.94. The smallest absolute Gasteiger partial charge is 0.142 e. The molecule has 0 unspecified atom stereocenters. The van der Waals surface area contributed by atoms with Gasteiger partial charge in [-0.25, -0.2) is 0 Å². The molecule has 11 heavy (non-hydrogen) atoms. The van der Waals surface area contributed by atoms with Gasteiger partial charge in [0, 0.05) is 0 Å². The van der Waals surface area contributed by atoms with Gasteiger partial charge in [-0.1, -0.05) is 24.4 Å². The first kappa shape index (κ1) is 8.01. The Bertz CT molecular complexity index is 250. The molecule has 1 aromatic carbocycles. The Morgan fingerprint density at radius 2 is 2.18 bits per heavy atom. The summed E-state index contributed by atoms with van der Waals surface area (Å²) in [5, 5.41) is 2.89. The van der Waals surface area contributed by atoms with E-state index in [0.717, 1.165) is 11.4 Å². The zero-order valence-electron chi connectivity index (χ0n) is 6.20. The molecule has 58 valence electrons. The van der Waals surface area contributed by atoms with Gasteiger partial charge >= 0.3 is 0 Å². The SMILES string of the molecule is COc1ccccc1NC=S. The molecule has 0 heterocycles. The minimum atomic E-state index is 0.800. The van der Waals surface area contributed by atoms with Crippen LogP contribution in [0.3, 0.4) is 0 Å². The predicted octanol–water partition coefficient (Wildman–Crippen LogP) is 2.06. The molecule has 0 aliphatic carbocycles. The number of benzene rings is 1. The molecule has 0 aliphatic heterocycles. The van der Waals surface area contributed by atoms with Gasteiger partial charge in [-0.3, -0.25) is 0 Å². The maximum atomic E-state index is 5.07. The van der Waals surface area contributed by atoms with Gasteiger partial charge in [0.15, 0.2) is 0 Å². The normalized spacial score (nSPS) is 8.82. The van der Waals surface area contributed by atoms with Crippen molar-refractivity contribution in [3.05, 3.63) is 24.3 Å².